The summed E-state index contributed by atoms with van der Waals surface area (Å²) < 4.78 is 10.7. The first kappa shape index (κ1) is 16.3. The number of rotatable bonds is 5. The number of hydrogen-bond acceptors (Lipinski definition) is 6. The highest BCUT2D eigenvalue weighted by molar-refractivity contribution is 5.45. The van der Waals surface area contributed by atoms with Crippen molar-refractivity contribution < 1.29 is 14.6 Å². The molecular weight excluding hydrogens is 318 g/mol. The SMILES string of the molecule is OC(CN1CCN(Cc2ccccn2)CC1)c1ccc2c(c1)OCO2. The van der Waals surface area contributed by atoms with Gasteiger partial charge in [-0.3, -0.25) is 14.8 Å². The Balaban J connectivity index is 1.28. The summed E-state index contributed by atoms with van der Waals surface area (Å²) in [4.78, 5) is 9.11. The molecular formula is C19H23N3O3. The number of piperazine rings is 1. The van der Waals surface area contributed by atoms with Gasteiger partial charge in [-0.2, -0.15) is 0 Å². The van der Waals surface area contributed by atoms with E-state index < -0.39 is 6.10 Å². The molecule has 1 N–H and O–H groups in total. The summed E-state index contributed by atoms with van der Waals surface area (Å²) in [6.07, 6.45) is 1.32. The van der Waals surface area contributed by atoms with Gasteiger partial charge in [-0.15, -0.1) is 0 Å². The minimum atomic E-state index is -0.517. The molecule has 1 atom stereocenters. The van der Waals surface area contributed by atoms with Gasteiger partial charge in [0.2, 0.25) is 6.79 Å². The molecule has 4 rings (SSSR count). The molecule has 1 fully saturated rings. The van der Waals surface area contributed by atoms with Crippen molar-refractivity contribution in [1.29, 1.82) is 0 Å². The Morgan fingerprint density at radius 1 is 1.00 bits per heavy atom. The van der Waals surface area contributed by atoms with Crippen LogP contribution in [0.1, 0.15) is 17.4 Å². The monoisotopic (exact) mass is 341 g/mol. The molecule has 132 valence electrons. The van der Waals surface area contributed by atoms with Gasteiger partial charge >= 0.3 is 0 Å². The van der Waals surface area contributed by atoms with Crippen LogP contribution < -0.4 is 9.47 Å². The van der Waals surface area contributed by atoms with Gasteiger partial charge in [0, 0.05) is 45.5 Å². The molecule has 0 saturated carbocycles. The lowest BCUT2D eigenvalue weighted by molar-refractivity contribution is 0.0696. The van der Waals surface area contributed by atoms with Crippen molar-refractivity contribution in [3.05, 3.63) is 53.9 Å². The molecule has 2 aliphatic heterocycles. The Hall–Kier alpha value is -2.15. The number of hydrogen-bond donors (Lipinski definition) is 1. The maximum absolute atomic E-state index is 10.5. The molecule has 0 bridgehead atoms. The maximum Gasteiger partial charge on any atom is 0.231 e. The summed E-state index contributed by atoms with van der Waals surface area (Å²) in [5.74, 6) is 1.47. The fraction of sp³-hybridized carbons (Fsp3) is 0.421. The van der Waals surface area contributed by atoms with E-state index in [2.05, 4.69) is 20.9 Å². The fourth-order valence-electron chi connectivity index (χ4n) is 3.32. The second kappa shape index (κ2) is 7.39. The van der Waals surface area contributed by atoms with Gasteiger partial charge in [-0.05, 0) is 29.8 Å². The number of pyridine rings is 1. The number of aliphatic hydroxyl groups is 1. The molecule has 6 heteroatoms. The van der Waals surface area contributed by atoms with Crippen molar-refractivity contribution in [2.45, 2.75) is 12.6 Å². The van der Waals surface area contributed by atoms with Gasteiger partial charge in [-0.25, -0.2) is 0 Å². The predicted molar refractivity (Wildman–Crippen MR) is 93.5 cm³/mol. The standard InChI is InChI=1S/C19H23N3O3/c23-17(15-4-5-18-19(11-15)25-14-24-18)13-22-9-7-21(8-10-22)12-16-3-1-2-6-20-16/h1-6,11,17,23H,7-10,12-14H2. The van der Waals surface area contributed by atoms with E-state index in [1.165, 1.54) is 0 Å². The van der Waals surface area contributed by atoms with Gasteiger partial charge in [-0.1, -0.05) is 12.1 Å². The van der Waals surface area contributed by atoms with E-state index in [1.807, 2.05) is 36.5 Å². The largest absolute Gasteiger partial charge is 0.454 e. The van der Waals surface area contributed by atoms with Crippen LogP contribution >= 0.6 is 0 Å². The maximum atomic E-state index is 10.5. The highest BCUT2D eigenvalue weighted by Crippen LogP contribution is 2.34. The summed E-state index contributed by atoms with van der Waals surface area (Å²) in [6, 6.07) is 11.7. The van der Waals surface area contributed by atoms with E-state index in [9.17, 15) is 5.11 Å². The molecule has 0 amide bonds. The van der Waals surface area contributed by atoms with Crippen molar-refractivity contribution in [3.8, 4) is 11.5 Å². The molecule has 0 aliphatic carbocycles. The average Bonchev–Trinajstić information content (AvgIpc) is 3.12. The highest BCUT2D eigenvalue weighted by atomic mass is 16.7. The topological polar surface area (TPSA) is 58.1 Å². The summed E-state index contributed by atoms with van der Waals surface area (Å²) in [7, 11) is 0. The quantitative estimate of drug-likeness (QED) is 0.893. The molecule has 0 radical (unpaired) electrons. The van der Waals surface area contributed by atoms with Crippen molar-refractivity contribution in [1.82, 2.24) is 14.8 Å². The Morgan fingerprint density at radius 2 is 1.80 bits per heavy atom. The minimum absolute atomic E-state index is 0.257. The van der Waals surface area contributed by atoms with E-state index >= 15 is 0 Å². The lowest BCUT2D eigenvalue weighted by atomic mass is 10.1. The molecule has 3 heterocycles. The zero-order chi connectivity index (χ0) is 17.1. The van der Waals surface area contributed by atoms with E-state index in [-0.39, 0.29) is 6.79 Å². The summed E-state index contributed by atoms with van der Waals surface area (Å²) in [5, 5.41) is 10.5. The van der Waals surface area contributed by atoms with Crippen LogP contribution in [0.2, 0.25) is 0 Å². The third kappa shape index (κ3) is 3.92. The normalized spacial score (nSPS) is 19.1. The van der Waals surface area contributed by atoms with Crippen LogP contribution in [-0.2, 0) is 6.54 Å². The van der Waals surface area contributed by atoms with Crippen LogP contribution in [0.5, 0.6) is 11.5 Å². The molecule has 1 saturated heterocycles. The van der Waals surface area contributed by atoms with Gasteiger partial charge < -0.3 is 14.6 Å². The van der Waals surface area contributed by atoms with E-state index in [4.69, 9.17) is 9.47 Å². The van der Waals surface area contributed by atoms with E-state index in [0.29, 0.717) is 6.54 Å². The third-order valence-corrected chi connectivity index (χ3v) is 4.79. The number of aliphatic hydroxyl groups excluding tert-OH is 1. The van der Waals surface area contributed by atoms with Crippen LogP contribution in [0.25, 0.3) is 0 Å². The number of benzene rings is 1. The molecule has 1 aromatic carbocycles. The van der Waals surface area contributed by atoms with Crippen LogP contribution in [0.15, 0.2) is 42.6 Å². The van der Waals surface area contributed by atoms with E-state index in [1.54, 1.807) is 0 Å². The number of fused-ring (bicyclic) bond motifs is 1. The lowest BCUT2D eigenvalue weighted by Crippen LogP contribution is -2.47. The zero-order valence-electron chi connectivity index (χ0n) is 14.2. The summed E-state index contributed by atoms with van der Waals surface area (Å²) >= 11 is 0. The van der Waals surface area contributed by atoms with Crippen LogP contribution in [0.3, 0.4) is 0 Å². The Labute approximate surface area is 147 Å². The first-order chi connectivity index (χ1) is 12.3. The molecule has 2 aromatic rings. The molecule has 2 aliphatic rings. The molecule has 0 spiro atoms. The lowest BCUT2D eigenvalue weighted by Gasteiger charge is -2.35. The first-order valence-electron chi connectivity index (χ1n) is 8.70. The third-order valence-electron chi connectivity index (χ3n) is 4.79. The molecule has 25 heavy (non-hydrogen) atoms. The van der Waals surface area contributed by atoms with Crippen LogP contribution in [-0.4, -0.2) is 59.4 Å². The number of aromatic nitrogens is 1. The fourth-order valence-corrected chi connectivity index (χ4v) is 3.32. The zero-order valence-corrected chi connectivity index (χ0v) is 14.2. The van der Waals surface area contributed by atoms with Gasteiger partial charge in [0.25, 0.3) is 0 Å². The van der Waals surface area contributed by atoms with Crippen molar-refractivity contribution >= 4 is 0 Å². The molecule has 6 nitrogen and oxygen atoms in total. The summed E-state index contributed by atoms with van der Waals surface area (Å²) in [5.41, 5.74) is 1.98. The van der Waals surface area contributed by atoms with Gasteiger partial charge in [0.1, 0.15) is 0 Å². The Kier molecular flexibility index (Phi) is 4.83. The average molecular weight is 341 g/mol. The smallest absolute Gasteiger partial charge is 0.231 e. The summed E-state index contributed by atoms with van der Waals surface area (Å²) in [6.45, 7) is 5.67. The second-order valence-corrected chi connectivity index (χ2v) is 6.53. The van der Waals surface area contributed by atoms with Crippen LogP contribution in [0.4, 0.5) is 0 Å². The second-order valence-electron chi connectivity index (χ2n) is 6.53. The Morgan fingerprint density at radius 3 is 2.60 bits per heavy atom. The van der Waals surface area contributed by atoms with Crippen LogP contribution in [0, 0.1) is 0 Å². The Bertz CT molecular complexity index is 702. The highest BCUT2D eigenvalue weighted by Gasteiger charge is 2.22. The van der Waals surface area contributed by atoms with Crippen molar-refractivity contribution in [2.24, 2.45) is 0 Å². The predicted octanol–water partition coefficient (Wildman–Crippen LogP) is 1.66. The van der Waals surface area contributed by atoms with E-state index in [0.717, 1.165) is 55.5 Å². The molecule has 1 unspecified atom stereocenters. The van der Waals surface area contributed by atoms with Crippen molar-refractivity contribution in [3.63, 3.8) is 0 Å². The van der Waals surface area contributed by atoms with Crippen molar-refractivity contribution in [2.75, 3.05) is 39.5 Å². The number of nitrogens with zero attached hydrogens (tertiary/aromatic N) is 3. The first-order valence-corrected chi connectivity index (χ1v) is 8.70. The number of ether oxygens (including phenoxy) is 2. The van der Waals surface area contributed by atoms with Gasteiger partial charge in [0.15, 0.2) is 11.5 Å². The molecule has 1 aromatic heterocycles. The van der Waals surface area contributed by atoms with Gasteiger partial charge in [0.05, 0.1) is 11.8 Å². The minimum Gasteiger partial charge on any atom is -0.454 e. The number of β-amino-alcohol motifs (C(OH)–C–C–N with tert-alkyl or cyclic N) is 1.